The molecule has 0 saturated heterocycles. The molecule has 0 saturated carbocycles. The maximum atomic E-state index is 12.2. The molecule has 1 aliphatic heterocycles. The van der Waals surface area contributed by atoms with Crippen molar-refractivity contribution in [1.82, 2.24) is 5.43 Å². The predicted molar refractivity (Wildman–Crippen MR) is 81.0 cm³/mol. The molecule has 2 aromatic carbocycles. The number of nitrogens with one attached hydrogen (secondary N) is 1. The van der Waals surface area contributed by atoms with Gasteiger partial charge in [0.05, 0.1) is 12.8 Å². The zero-order valence-electron chi connectivity index (χ0n) is 11.5. The summed E-state index contributed by atoms with van der Waals surface area (Å²) in [5.74, 6) is -0.241. The number of amides is 1. The molecule has 21 heavy (non-hydrogen) atoms. The van der Waals surface area contributed by atoms with Gasteiger partial charge in [0.25, 0.3) is 5.91 Å². The van der Waals surface area contributed by atoms with Gasteiger partial charge in [-0.2, -0.15) is 5.10 Å². The normalized spacial score (nSPS) is 17.4. The van der Waals surface area contributed by atoms with E-state index in [9.17, 15) is 4.79 Å². The molecule has 0 aromatic heterocycles. The lowest BCUT2D eigenvalue weighted by atomic mass is 9.97. The fourth-order valence-electron chi connectivity index (χ4n) is 2.38. The number of benzene rings is 2. The number of carbonyl (C=O) groups excluding carboxylic acids is 1. The lowest BCUT2D eigenvalue weighted by Gasteiger charge is -2.24. The van der Waals surface area contributed by atoms with E-state index in [1.54, 1.807) is 6.21 Å². The van der Waals surface area contributed by atoms with Gasteiger partial charge in [0.1, 0.15) is 0 Å². The van der Waals surface area contributed by atoms with Gasteiger partial charge in [-0.3, -0.25) is 4.79 Å². The first-order valence-corrected chi connectivity index (χ1v) is 6.92. The second-order valence-electron chi connectivity index (χ2n) is 4.84. The van der Waals surface area contributed by atoms with E-state index in [4.69, 9.17) is 4.74 Å². The molecule has 2 aromatic rings. The molecule has 1 atom stereocenters. The number of nitrogens with zero attached hydrogens (tertiary/aromatic N) is 1. The fraction of sp³-hybridized carbons (Fsp3) is 0.176. The van der Waals surface area contributed by atoms with Crippen LogP contribution in [0.4, 0.5) is 0 Å². The predicted octanol–water partition coefficient (Wildman–Crippen LogP) is 2.45. The smallest absolute Gasteiger partial charge is 0.273 e. The number of hydrogen-bond donors (Lipinski definition) is 1. The molecule has 0 radical (unpaired) electrons. The Morgan fingerprint density at radius 2 is 1.90 bits per heavy atom. The van der Waals surface area contributed by atoms with Crippen molar-refractivity contribution in [3.8, 4) is 0 Å². The first-order chi connectivity index (χ1) is 10.3. The quantitative estimate of drug-likeness (QED) is 0.693. The Morgan fingerprint density at radius 1 is 1.14 bits per heavy atom. The molecule has 0 spiro atoms. The second-order valence-corrected chi connectivity index (χ2v) is 4.84. The van der Waals surface area contributed by atoms with E-state index in [0.717, 1.165) is 23.1 Å². The van der Waals surface area contributed by atoms with E-state index in [1.165, 1.54) is 0 Å². The number of hydrazone groups is 1. The summed E-state index contributed by atoms with van der Waals surface area (Å²) in [6.45, 7) is 0.553. The van der Waals surface area contributed by atoms with Crippen molar-refractivity contribution in [1.29, 1.82) is 0 Å². The van der Waals surface area contributed by atoms with Crippen LogP contribution in [0.25, 0.3) is 0 Å². The number of carbonyl (C=O) groups is 1. The monoisotopic (exact) mass is 280 g/mol. The minimum Gasteiger partial charge on any atom is -0.363 e. The van der Waals surface area contributed by atoms with Gasteiger partial charge in [0, 0.05) is 0 Å². The van der Waals surface area contributed by atoms with Gasteiger partial charge in [0.2, 0.25) is 0 Å². The SMILES string of the molecule is O=C(N/N=C\c1ccccc1)C1OCCc2ccccc21. The van der Waals surface area contributed by atoms with Gasteiger partial charge in [-0.15, -0.1) is 0 Å². The highest BCUT2D eigenvalue weighted by Crippen LogP contribution is 2.26. The molecule has 0 bridgehead atoms. The Kier molecular flexibility index (Phi) is 4.07. The molecule has 1 amide bonds. The van der Waals surface area contributed by atoms with E-state index in [-0.39, 0.29) is 5.91 Å². The van der Waals surface area contributed by atoms with Crippen LogP contribution in [0.2, 0.25) is 0 Å². The molecular weight excluding hydrogens is 264 g/mol. The van der Waals surface area contributed by atoms with Crippen molar-refractivity contribution in [2.75, 3.05) is 6.61 Å². The van der Waals surface area contributed by atoms with E-state index in [1.807, 2.05) is 54.6 Å². The molecule has 0 aliphatic carbocycles. The summed E-state index contributed by atoms with van der Waals surface area (Å²) in [6.07, 6.45) is 1.88. The number of hydrogen-bond acceptors (Lipinski definition) is 3. The maximum Gasteiger partial charge on any atom is 0.273 e. The number of rotatable bonds is 3. The maximum absolute atomic E-state index is 12.2. The van der Waals surface area contributed by atoms with Gasteiger partial charge in [0.15, 0.2) is 6.10 Å². The summed E-state index contributed by atoms with van der Waals surface area (Å²) >= 11 is 0. The fourth-order valence-corrected chi connectivity index (χ4v) is 2.38. The van der Waals surface area contributed by atoms with Crippen molar-refractivity contribution in [3.05, 3.63) is 71.3 Å². The summed E-state index contributed by atoms with van der Waals surface area (Å²) in [4.78, 5) is 12.2. The largest absolute Gasteiger partial charge is 0.363 e. The summed E-state index contributed by atoms with van der Waals surface area (Å²) in [7, 11) is 0. The third-order valence-electron chi connectivity index (χ3n) is 3.42. The highest BCUT2D eigenvalue weighted by Gasteiger charge is 2.26. The van der Waals surface area contributed by atoms with Crippen molar-refractivity contribution in [2.45, 2.75) is 12.5 Å². The first kappa shape index (κ1) is 13.5. The molecule has 106 valence electrons. The molecule has 1 heterocycles. The third-order valence-corrected chi connectivity index (χ3v) is 3.42. The van der Waals surface area contributed by atoms with Crippen LogP contribution >= 0.6 is 0 Å². The standard InChI is InChI=1S/C17H16N2O2/c20-17(19-18-12-13-6-2-1-3-7-13)16-15-9-5-4-8-14(15)10-11-21-16/h1-9,12,16H,10-11H2,(H,19,20)/b18-12-. The van der Waals surface area contributed by atoms with E-state index in [2.05, 4.69) is 10.5 Å². The second kappa shape index (κ2) is 6.33. The summed E-state index contributed by atoms with van der Waals surface area (Å²) in [5, 5.41) is 3.99. The molecule has 4 nitrogen and oxygen atoms in total. The zero-order valence-corrected chi connectivity index (χ0v) is 11.5. The van der Waals surface area contributed by atoms with Crippen molar-refractivity contribution >= 4 is 12.1 Å². The van der Waals surface area contributed by atoms with Crippen LogP contribution in [-0.4, -0.2) is 18.7 Å². The summed E-state index contributed by atoms with van der Waals surface area (Å²) in [6, 6.07) is 17.5. The molecular formula is C17H16N2O2. The minimum atomic E-state index is -0.581. The van der Waals surface area contributed by atoms with Gasteiger partial charge >= 0.3 is 0 Å². The van der Waals surface area contributed by atoms with Crippen LogP contribution in [0.1, 0.15) is 22.8 Å². The first-order valence-electron chi connectivity index (χ1n) is 6.92. The Hall–Kier alpha value is -2.46. The topological polar surface area (TPSA) is 50.7 Å². The van der Waals surface area contributed by atoms with Crippen LogP contribution in [0.5, 0.6) is 0 Å². The Morgan fingerprint density at radius 3 is 2.76 bits per heavy atom. The van der Waals surface area contributed by atoms with Crippen LogP contribution in [-0.2, 0) is 16.0 Å². The van der Waals surface area contributed by atoms with Gasteiger partial charge < -0.3 is 4.74 Å². The average molecular weight is 280 g/mol. The van der Waals surface area contributed by atoms with E-state index >= 15 is 0 Å². The van der Waals surface area contributed by atoms with Crippen LogP contribution in [0.15, 0.2) is 59.7 Å². The highest BCUT2D eigenvalue weighted by molar-refractivity contribution is 5.85. The van der Waals surface area contributed by atoms with Gasteiger partial charge in [-0.05, 0) is 23.1 Å². The van der Waals surface area contributed by atoms with Crippen LogP contribution in [0.3, 0.4) is 0 Å². The third kappa shape index (κ3) is 3.17. The van der Waals surface area contributed by atoms with Crippen LogP contribution in [0, 0.1) is 0 Å². The lowest BCUT2D eigenvalue weighted by molar-refractivity contribution is -0.134. The lowest BCUT2D eigenvalue weighted by Crippen LogP contribution is -2.31. The minimum absolute atomic E-state index is 0.241. The Labute approximate surface area is 123 Å². The Balaban J connectivity index is 1.68. The highest BCUT2D eigenvalue weighted by atomic mass is 16.5. The van der Waals surface area contributed by atoms with Crippen molar-refractivity contribution < 1.29 is 9.53 Å². The van der Waals surface area contributed by atoms with E-state index in [0.29, 0.717) is 6.61 Å². The molecule has 4 heteroatoms. The summed E-state index contributed by atoms with van der Waals surface area (Å²) in [5.41, 5.74) is 5.57. The molecule has 1 N–H and O–H groups in total. The van der Waals surface area contributed by atoms with Crippen molar-refractivity contribution in [3.63, 3.8) is 0 Å². The van der Waals surface area contributed by atoms with E-state index < -0.39 is 6.10 Å². The van der Waals surface area contributed by atoms with Gasteiger partial charge in [-0.25, -0.2) is 5.43 Å². The Bertz CT molecular complexity index is 653. The zero-order chi connectivity index (χ0) is 14.5. The number of fused-ring (bicyclic) bond motifs is 1. The average Bonchev–Trinajstić information content (AvgIpc) is 2.55. The molecule has 1 aliphatic rings. The molecule has 0 fully saturated rings. The van der Waals surface area contributed by atoms with Crippen molar-refractivity contribution in [2.24, 2.45) is 5.10 Å². The number of ether oxygens (including phenoxy) is 1. The summed E-state index contributed by atoms with van der Waals surface area (Å²) < 4.78 is 5.58. The van der Waals surface area contributed by atoms with Crippen LogP contribution < -0.4 is 5.43 Å². The molecule has 1 unspecified atom stereocenters. The van der Waals surface area contributed by atoms with Gasteiger partial charge in [-0.1, -0.05) is 54.6 Å². The molecule has 3 rings (SSSR count).